The van der Waals surface area contributed by atoms with Gasteiger partial charge in [-0.3, -0.25) is 9.59 Å². The van der Waals surface area contributed by atoms with Crippen LogP contribution in [0.2, 0.25) is 0 Å². The maximum absolute atomic E-state index is 10.2. The van der Waals surface area contributed by atoms with Gasteiger partial charge in [0.1, 0.15) is 0 Å². The molecule has 0 aliphatic carbocycles. The summed E-state index contributed by atoms with van der Waals surface area (Å²) < 4.78 is 0. The summed E-state index contributed by atoms with van der Waals surface area (Å²) in [5.74, 6) is -1.57. The quantitative estimate of drug-likeness (QED) is 0.895. The van der Waals surface area contributed by atoms with Gasteiger partial charge >= 0.3 is 11.9 Å². The monoisotopic (exact) mass is 290 g/mol. The lowest BCUT2D eigenvalue weighted by atomic mass is 10.2. The molecule has 5 nitrogen and oxygen atoms in total. The van der Waals surface area contributed by atoms with Crippen LogP contribution in [0.1, 0.15) is 11.1 Å². The largest absolute Gasteiger partial charge is 0.481 e. The van der Waals surface area contributed by atoms with Crippen molar-refractivity contribution in [1.82, 2.24) is 0 Å². The molecule has 0 unspecified atom stereocenters. The van der Waals surface area contributed by atoms with Crippen LogP contribution in [-0.2, 0) is 22.4 Å². The standard InChI is InChI=1S/2C8H8O2.H2O/c2*9-8(10)6-7-4-2-1-3-5-7;/h2*1-5H,6H2,(H,9,10);1H2. The van der Waals surface area contributed by atoms with Crippen LogP contribution in [-0.4, -0.2) is 27.6 Å². The highest BCUT2D eigenvalue weighted by Crippen LogP contribution is 1.99. The third kappa shape index (κ3) is 8.96. The third-order valence-electron chi connectivity index (χ3n) is 2.40. The molecule has 0 aliphatic heterocycles. The van der Waals surface area contributed by atoms with Crippen molar-refractivity contribution >= 4 is 11.9 Å². The van der Waals surface area contributed by atoms with Crippen molar-refractivity contribution in [3.05, 3.63) is 71.8 Å². The topological polar surface area (TPSA) is 106 Å². The molecule has 0 amide bonds. The van der Waals surface area contributed by atoms with E-state index in [1.807, 2.05) is 36.4 Å². The third-order valence-corrected chi connectivity index (χ3v) is 2.40. The Kier molecular flexibility index (Phi) is 8.88. The number of hydrogen-bond donors (Lipinski definition) is 2. The minimum Gasteiger partial charge on any atom is -0.481 e. The molecule has 0 saturated carbocycles. The first-order valence-corrected chi connectivity index (χ1v) is 6.09. The Morgan fingerprint density at radius 3 is 1.19 bits per heavy atom. The second-order valence-electron chi connectivity index (χ2n) is 4.11. The van der Waals surface area contributed by atoms with E-state index in [2.05, 4.69) is 0 Å². The van der Waals surface area contributed by atoms with E-state index in [0.29, 0.717) is 0 Å². The fourth-order valence-corrected chi connectivity index (χ4v) is 1.54. The molecular weight excluding hydrogens is 272 g/mol. The highest BCUT2D eigenvalue weighted by Gasteiger charge is 1.97. The molecular formula is C16H18O5. The second-order valence-corrected chi connectivity index (χ2v) is 4.11. The summed E-state index contributed by atoms with van der Waals surface area (Å²) in [6.07, 6.45) is 0.224. The van der Waals surface area contributed by atoms with Crippen LogP contribution in [0.4, 0.5) is 0 Å². The normalized spacial score (nSPS) is 8.76. The molecule has 0 aromatic heterocycles. The van der Waals surface area contributed by atoms with Gasteiger partial charge in [0.2, 0.25) is 0 Å². The van der Waals surface area contributed by atoms with E-state index in [1.54, 1.807) is 24.3 Å². The average Bonchev–Trinajstić information content (AvgIpc) is 2.40. The first-order chi connectivity index (χ1) is 9.58. The highest BCUT2D eigenvalue weighted by molar-refractivity contribution is 5.70. The molecule has 0 fully saturated rings. The van der Waals surface area contributed by atoms with Gasteiger partial charge in [0, 0.05) is 0 Å². The molecule has 0 spiro atoms. The van der Waals surface area contributed by atoms with Crippen molar-refractivity contribution < 1.29 is 25.3 Å². The van der Waals surface area contributed by atoms with Crippen LogP contribution >= 0.6 is 0 Å². The first-order valence-electron chi connectivity index (χ1n) is 6.09. The molecule has 2 aromatic rings. The molecule has 0 aliphatic rings. The maximum atomic E-state index is 10.2. The van der Waals surface area contributed by atoms with Gasteiger partial charge in [0.05, 0.1) is 12.8 Å². The maximum Gasteiger partial charge on any atom is 0.307 e. The second kappa shape index (κ2) is 10.2. The average molecular weight is 290 g/mol. The Bertz CT molecular complexity index is 486. The lowest BCUT2D eigenvalue weighted by molar-refractivity contribution is -0.137. The molecule has 0 heterocycles. The van der Waals surface area contributed by atoms with Crippen molar-refractivity contribution in [3.8, 4) is 0 Å². The molecule has 4 N–H and O–H groups in total. The lowest BCUT2D eigenvalue weighted by Crippen LogP contribution is -1.98. The minimum atomic E-state index is -0.786. The van der Waals surface area contributed by atoms with Gasteiger partial charge in [-0.05, 0) is 11.1 Å². The van der Waals surface area contributed by atoms with Gasteiger partial charge in [0.15, 0.2) is 0 Å². The molecule has 112 valence electrons. The smallest absolute Gasteiger partial charge is 0.307 e. The van der Waals surface area contributed by atoms with E-state index in [1.165, 1.54) is 0 Å². The number of benzene rings is 2. The van der Waals surface area contributed by atoms with E-state index in [9.17, 15) is 9.59 Å². The number of hydrogen-bond acceptors (Lipinski definition) is 2. The van der Waals surface area contributed by atoms with E-state index >= 15 is 0 Å². The van der Waals surface area contributed by atoms with Crippen molar-refractivity contribution in [2.75, 3.05) is 0 Å². The zero-order valence-electron chi connectivity index (χ0n) is 11.4. The predicted octanol–water partition coefficient (Wildman–Crippen LogP) is 1.80. The van der Waals surface area contributed by atoms with E-state index in [0.717, 1.165) is 11.1 Å². The van der Waals surface area contributed by atoms with Crippen molar-refractivity contribution in [3.63, 3.8) is 0 Å². The molecule has 0 bridgehead atoms. The zero-order chi connectivity index (χ0) is 14.8. The summed E-state index contributed by atoms with van der Waals surface area (Å²) in [5.41, 5.74) is 1.69. The van der Waals surface area contributed by atoms with E-state index in [-0.39, 0.29) is 18.3 Å². The highest BCUT2D eigenvalue weighted by atomic mass is 16.4. The Balaban J connectivity index is 0.000000364. The van der Waals surface area contributed by atoms with Gasteiger partial charge in [0.25, 0.3) is 0 Å². The van der Waals surface area contributed by atoms with Crippen LogP contribution in [0.25, 0.3) is 0 Å². The first kappa shape index (κ1) is 18.3. The van der Waals surface area contributed by atoms with Gasteiger partial charge in [-0.2, -0.15) is 0 Å². The molecule has 21 heavy (non-hydrogen) atoms. The number of carbonyl (C=O) groups is 2. The molecule has 5 heteroatoms. The summed E-state index contributed by atoms with van der Waals surface area (Å²) in [7, 11) is 0. The van der Waals surface area contributed by atoms with Crippen LogP contribution in [0, 0.1) is 0 Å². The van der Waals surface area contributed by atoms with Crippen LogP contribution in [0.15, 0.2) is 60.7 Å². The van der Waals surface area contributed by atoms with Crippen molar-refractivity contribution in [2.24, 2.45) is 0 Å². The zero-order valence-corrected chi connectivity index (χ0v) is 11.4. The Hall–Kier alpha value is -2.66. The Morgan fingerprint density at radius 2 is 0.952 bits per heavy atom. The van der Waals surface area contributed by atoms with Crippen molar-refractivity contribution in [1.29, 1.82) is 0 Å². The summed E-state index contributed by atoms with van der Waals surface area (Å²) in [5, 5.41) is 16.7. The number of carboxylic acids is 2. The fourth-order valence-electron chi connectivity index (χ4n) is 1.54. The van der Waals surface area contributed by atoms with Gasteiger partial charge in [-0.15, -0.1) is 0 Å². The van der Waals surface area contributed by atoms with E-state index in [4.69, 9.17) is 10.2 Å². The summed E-state index contributed by atoms with van der Waals surface area (Å²) in [4.78, 5) is 20.3. The summed E-state index contributed by atoms with van der Waals surface area (Å²) >= 11 is 0. The van der Waals surface area contributed by atoms with Gasteiger partial charge in [-0.25, -0.2) is 0 Å². The predicted molar refractivity (Wildman–Crippen MR) is 79.2 cm³/mol. The minimum absolute atomic E-state index is 0. The summed E-state index contributed by atoms with van der Waals surface area (Å²) in [6.45, 7) is 0. The molecule has 2 aromatic carbocycles. The van der Waals surface area contributed by atoms with Crippen LogP contribution < -0.4 is 0 Å². The molecule has 0 radical (unpaired) electrons. The van der Waals surface area contributed by atoms with E-state index < -0.39 is 11.9 Å². The molecule has 0 atom stereocenters. The fraction of sp³-hybridized carbons (Fsp3) is 0.125. The van der Waals surface area contributed by atoms with Crippen molar-refractivity contribution in [2.45, 2.75) is 12.8 Å². The molecule has 2 rings (SSSR count). The Morgan fingerprint density at radius 1 is 0.667 bits per heavy atom. The number of aliphatic carboxylic acids is 2. The van der Waals surface area contributed by atoms with Gasteiger partial charge in [-0.1, -0.05) is 60.7 Å². The van der Waals surface area contributed by atoms with Gasteiger partial charge < -0.3 is 15.7 Å². The SMILES string of the molecule is O.O=C(O)Cc1ccccc1.O=C(O)Cc1ccccc1. The van der Waals surface area contributed by atoms with Crippen LogP contribution in [0.5, 0.6) is 0 Å². The molecule has 0 saturated heterocycles. The summed E-state index contributed by atoms with van der Waals surface area (Å²) in [6, 6.07) is 18.3. The Labute approximate surface area is 122 Å². The van der Waals surface area contributed by atoms with Crippen LogP contribution in [0.3, 0.4) is 0 Å². The number of rotatable bonds is 4. The number of carboxylic acid groups (broad SMARTS) is 2. The lowest BCUT2D eigenvalue weighted by Gasteiger charge is -1.92.